The number of oxime groups is 1. The zero-order valence-corrected chi connectivity index (χ0v) is 13.3. The third-order valence-electron chi connectivity index (χ3n) is 2.24. The summed E-state index contributed by atoms with van der Waals surface area (Å²) in [7, 11) is -3.97. The van der Waals surface area contributed by atoms with Crippen molar-refractivity contribution in [3.63, 3.8) is 0 Å². The normalized spacial score (nSPS) is 12.9. The van der Waals surface area contributed by atoms with Crippen LogP contribution in [0.5, 0.6) is 0 Å². The van der Waals surface area contributed by atoms with E-state index in [2.05, 4.69) is 20.7 Å². The molecular formula is C9H16N6O4S2. The molecule has 1 rings (SSSR count). The molecule has 0 aliphatic carbocycles. The standard InChI is InChI=1S/C9H16N6O4S2/c1-5(2)15(4-7(10)14-17)21(18,19)9-13-12-8(20-9)11-6(3)16/h5,17H,4H2,1-3H3,(H2,10,14)(H,11,12,16). The molecular weight excluding hydrogens is 320 g/mol. The monoisotopic (exact) mass is 336 g/mol. The van der Waals surface area contributed by atoms with E-state index in [4.69, 9.17) is 10.9 Å². The molecule has 1 heterocycles. The number of carbonyl (C=O) groups excluding carboxylic acids is 1. The lowest BCUT2D eigenvalue weighted by molar-refractivity contribution is -0.114. The second-order valence-electron chi connectivity index (χ2n) is 4.29. The van der Waals surface area contributed by atoms with Crippen LogP contribution in [0.1, 0.15) is 20.8 Å². The first-order valence-corrected chi connectivity index (χ1v) is 8.03. The lowest BCUT2D eigenvalue weighted by Gasteiger charge is -2.23. The first-order chi connectivity index (χ1) is 9.68. The van der Waals surface area contributed by atoms with Crippen molar-refractivity contribution in [2.75, 3.05) is 11.9 Å². The summed E-state index contributed by atoms with van der Waals surface area (Å²) in [6, 6.07) is -0.441. The zero-order chi connectivity index (χ0) is 16.2. The van der Waals surface area contributed by atoms with Gasteiger partial charge in [-0.1, -0.05) is 16.5 Å². The molecule has 1 aromatic rings. The molecule has 0 radical (unpaired) electrons. The summed E-state index contributed by atoms with van der Waals surface area (Å²) in [5.74, 6) is -0.633. The van der Waals surface area contributed by atoms with E-state index >= 15 is 0 Å². The molecule has 10 nitrogen and oxygen atoms in total. The summed E-state index contributed by atoms with van der Waals surface area (Å²) < 4.78 is 25.6. The molecule has 1 aromatic heterocycles. The van der Waals surface area contributed by atoms with Crippen LogP contribution >= 0.6 is 11.3 Å². The summed E-state index contributed by atoms with van der Waals surface area (Å²) in [6.07, 6.45) is 0. The van der Waals surface area contributed by atoms with Crippen LogP contribution in [0, 0.1) is 0 Å². The van der Waals surface area contributed by atoms with E-state index in [-0.39, 0.29) is 27.8 Å². The predicted octanol–water partition coefficient (Wildman–Crippen LogP) is -0.358. The van der Waals surface area contributed by atoms with Crippen LogP contribution in [0.2, 0.25) is 0 Å². The summed E-state index contributed by atoms with van der Waals surface area (Å²) >= 11 is 0.722. The van der Waals surface area contributed by atoms with Gasteiger partial charge in [0.15, 0.2) is 5.84 Å². The Balaban J connectivity index is 3.11. The highest BCUT2D eigenvalue weighted by molar-refractivity contribution is 7.91. The smallest absolute Gasteiger partial charge is 0.273 e. The van der Waals surface area contributed by atoms with Crippen LogP contribution in [-0.4, -0.2) is 52.5 Å². The molecule has 0 aliphatic heterocycles. The fourth-order valence-electron chi connectivity index (χ4n) is 1.35. The van der Waals surface area contributed by atoms with Crippen molar-refractivity contribution in [3.8, 4) is 0 Å². The second-order valence-corrected chi connectivity index (χ2v) is 7.33. The number of sulfonamides is 1. The Labute approximate surface area is 125 Å². The molecule has 4 N–H and O–H groups in total. The summed E-state index contributed by atoms with van der Waals surface area (Å²) in [5, 5.41) is 20.9. The van der Waals surface area contributed by atoms with Crippen LogP contribution < -0.4 is 11.1 Å². The van der Waals surface area contributed by atoms with E-state index in [0.29, 0.717) is 0 Å². The summed E-state index contributed by atoms with van der Waals surface area (Å²) in [4.78, 5) is 10.9. The molecule has 0 fully saturated rings. The molecule has 0 unspecified atom stereocenters. The number of hydrogen-bond acceptors (Lipinski definition) is 8. The van der Waals surface area contributed by atoms with Gasteiger partial charge in [-0.2, -0.15) is 4.31 Å². The fraction of sp³-hybridized carbons (Fsp3) is 0.556. The lowest BCUT2D eigenvalue weighted by atomic mass is 10.4. The van der Waals surface area contributed by atoms with Crippen LogP contribution in [0.3, 0.4) is 0 Å². The largest absolute Gasteiger partial charge is 0.409 e. The average molecular weight is 336 g/mol. The van der Waals surface area contributed by atoms with Crippen molar-refractivity contribution in [2.45, 2.75) is 31.2 Å². The highest BCUT2D eigenvalue weighted by atomic mass is 32.2. The van der Waals surface area contributed by atoms with Crippen molar-refractivity contribution in [2.24, 2.45) is 10.9 Å². The van der Waals surface area contributed by atoms with Crippen molar-refractivity contribution in [3.05, 3.63) is 0 Å². The maximum absolute atomic E-state index is 12.5. The number of nitrogens with one attached hydrogen (secondary N) is 1. The number of hydrogen-bond donors (Lipinski definition) is 3. The van der Waals surface area contributed by atoms with E-state index in [1.807, 2.05) is 0 Å². The van der Waals surface area contributed by atoms with Crippen LogP contribution in [-0.2, 0) is 14.8 Å². The van der Waals surface area contributed by atoms with Crippen molar-refractivity contribution in [1.82, 2.24) is 14.5 Å². The molecule has 0 spiro atoms. The van der Waals surface area contributed by atoms with Gasteiger partial charge in [0.1, 0.15) is 0 Å². The first kappa shape index (κ1) is 17.3. The Morgan fingerprint density at radius 2 is 2.14 bits per heavy atom. The van der Waals surface area contributed by atoms with Gasteiger partial charge in [0.05, 0.1) is 6.54 Å². The molecule has 0 atom stereocenters. The van der Waals surface area contributed by atoms with Gasteiger partial charge < -0.3 is 16.3 Å². The number of anilines is 1. The van der Waals surface area contributed by atoms with E-state index in [9.17, 15) is 13.2 Å². The Hall–Kier alpha value is -1.79. The molecule has 0 saturated heterocycles. The van der Waals surface area contributed by atoms with Crippen LogP contribution in [0.4, 0.5) is 5.13 Å². The minimum Gasteiger partial charge on any atom is -0.409 e. The highest BCUT2D eigenvalue weighted by Crippen LogP contribution is 2.24. The van der Waals surface area contributed by atoms with Crippen LogP contribution in [0.15, 0.2) is 9.50 Å². The van der Waals surface area contributed by atoms with Gasteiger partial charge in [0.25, 0.3) is 10.0 Å². The van der Waals surface area contributed by atoms with E-state index in [0.717, 1.165) is 15.6 Å². The second kappa shape index (κ2) is 6.78. The van der Waals surface area contributed by atoms with Crippen LogP contribution in [0.25, 0.3) is 0 Å². The third-order valence-corrected chi connectivity index (χ3v) is 5.45. The van der Waals surface area contributed by atoms with Gasteiger partial charge >= 0.3 is 0 Å². The summed E-state index contributed by atoms with van der Waals surface area (Å²) in [5.41, 5.74) is 5.36. The number of nitrogens with two attached hydrogens (primary N) is 1. The highest BCUT2D eigenvalue weighted by Gasteiger charge is 2.31. The molecule has 21 heavy (non-hydrogen) atoms. The van der Waals surface area contributed by atoms with E-state index < -0.39 is 16.1 Å². The van der Waals surface area contributed by atoms with Gasteiger partial charge in [-0.25, -0.2) is 8.42 Å². The van der Waals surface area contributed by atoms with Gasteiger partial charge in [0, 0.05) is 13.0 Å². The minimum absolute atomic E-state index is 0.0774. The van der Waals surface area contributed by atoms with Gasteiger partial charge in [0.2, 0.25) is 15.4 Å². The number of carbonyl (C=O) groups is 1. The van der Waals surface area contributed by atoms with Gasteiger partial charge in [-0.3, -0.25) is 4.79 Å². The zero-order valence-electron chi connectivity index (χ0n) is 11.6. The average Bonchev–Trinajstić information content (AvgIpc) is 2.83. The Kier molecular flexibility index (Phi) is 5.57. The maximum Gasteiger partial charge on any atom is 0.273 e. The summed E-state index contributed by atoms with van der Waals surface area (Å²) in [6.45, 7) is 4.26. The number of aromatic nitrogens is 2. The molecule has 1 amide bonds. The number of amides is 1. The third kappa shape index (κ3) is 4.34. The molecule has 118 valence electrons. The van der Waals surface area contributed by atoms with E-state index in [1.165, 1.54) is 6.92 Å². The number of amidine groups is 1. The molecule has 12 heteroatoms. The first-order valence-electron chi connectivity index (χ1n) is 5.77. The lowest BCUT2D eigenvalue weighted by Crippen LogP contribution is -2.42. The SMILES string of the molecule is CC(=O)Nc1nnc(S(=O)(=O)N(CC(N)=NO)C(C)C)s1. The quantitative estimate of drug-likeness (QED) is 0.211. The van der Waals surface area contributed by atoms with Gasteiger partial charge in [-0.15, -0.1) is 10.2 Å². The van der Waals surface area contributed by atoms with Crippen molar-refractivity contribution >= 4 is 38.2 Å². The number of nitrogens with zero attached hydrogens (tertiary/aromatic N) is 4. The maximum atomic E-state index is 12.5. The predicted molar refractivity (Wildman–Crippen MR) is 76.6 cm³/mol. The molecule has 0 aliphatic rings. The fourth-order valence-corrected chi connectivity index (χ4v) is 4.02. The molecule has 0 saturated carbocycles. The van der Waals surface area contributed by atoms with E-state index in [1.54, 1.807) is 13.8 Å². The van der Waals surface area contributed by atoms with Gasteiger partial charge in [-0.05, 0) is 13.8 Å². The van der Waals surface area contributed by atoms with Crippen molar-refractivity contribution < 1.29 is 18.4 Å². The van der Waals surface area contributed by atoms with Crippen molar-refractivity contribution in [1.29, 1.82) is 0 Å². The topological polar surface area (TPSA) is 151 Å². The number of rotatable bonds is 6. The Morgan fingerprint density at radius 1 is 1.52 bits per heavy atom. The Bertz CT molecular complexity index is 638. The minimum atomic E-state index is -3.97. The Morgan fingerprint density at radius 3 is 2.62 bits per heavy atom. The molecule has 0 aromatic carbocycles. The molecule has 0 bridgehead atoms.